The Hall–Kier alpha value is -3.27. The van der Waals surface area contributed by atoms with Crippen LogP contribution in [-0.2, 0) is 0 Å². The van der Waals surface area contributed by atoms with Crippen LogP contribution in [0.1, 0.15) is 15.9 Å². The number of methoxy groups -OCH3 is 3. The molecular weight excluding hydrogens is 328 g/mol. The first-order chi connectivity index (χ1) is 12.7. The highest BCUT2D eigenvalue weighted by Crippen LogP contribution is 2.38. The van der Waals surface area contributed by atoms with E-state index in [-0.39, 0.29) is 5.78 Å². The van der Waals surface area contributed by atoms with E-state index < -0.39 is 0 Å². The third-order valence-corrected chi connectivity index (χ3v) is 4.15. The minimum Gasteiger partial charge on any atom is -0.493 e. The molecule has 0 atom stereocenters. The number of hydrogen-bond donors (Lipinski definition) is 0. The molecule has 3 aromatic carbocycles. The molecule has 0 amide bonds. The molecule has 0 fully saturated rings. The Morgan fingerprint density at radius 2 is 1.46 bits per heavy atom. The summed E-state index contributed by atoms with van der Waals surface area (Å²) >= 11 is 0. The third-order valence-electron chi connectivity index (χ3n) is 4.15. The van der Waals surface area contributed by atoms with Gasteiger partial charge in [-0.05, 0) is 40.6 Å². The van der Waals surface area contributed by atoms with E-state index in [0.717, 1.165) is 16.3 Å². The van der Waals surface area contributed by atoms with Crippen molar-refractivity contribution < 1.29 is 19.0 Å². The van der Waals surface area contributed by atoms with E-state index in [1.54, 1.807) is 45.6 Å². The second-order valence-electron chi connectivity index (χ2n) is 5.72. The quantitative estimate of drug-likeness (QED) is 0.476. The summed E-state index contributed by atoms with van der Waals surface area (Å²) in [6, 6.07) is 17.2. The lowest BCUT2D eigenvalue weighted by Gasteiger charge is -2.12. The van der Waals surface area contributed by atoms with Crippen LogP contribution in [0.5, 0.6) is 17.2 Å². The summed E-state index contributed by atoms with van der Waals surface area (Å²) in [6.07, 6.45) is 3.28. The molecule has 0 unspecified atom stereocenters. The fourth-order valence-corrected chi connectivity index (χ4v) is 2.81. The maximum atomic E-state index is 12.5. The van der Waals surface area contributed by atoms with E-state index in [4.69, 9.17) is 14.2 Å². The molecule has 4 nitrogen and oxygen atoms in total. The van der Waals surface area contributed by atoms with Gasteiger partial charge in [-0.15, -0.1) is 0 Å². The largest absolute Gasteiger partial charge is 0.493 e. The Kier molecular flexibility index (Phi) is 5.23. The Morgan fingerprint density at radius 1 is 0.808 bits per heavy atom. The van der Waals surface area contributed by atoms with Gasteiger partial charge < -0.3 is 14.2 Å². The van der Waals surface area contributed by atoms with E-state index >= 15 is 0 Å². The van der Waals surface area contributed by atoms with Gasteiger partial charge in [0.05, 0.1) is 21.3 Å². The third kappa shape index (κ3) is 3.54. The monoisotopic (exact) mass is 348 g/mol. The number of hydrogen-bond acceptors (Lipinski definition) is 4. The average molecular weight is 348 g/mol. The van der Waals surface area contributed by atoms with Gasteiger partial charge in [0.1, 0.15) is 0 Å². The van der Waals surface area contributed by atoms with Crippen molar-refractivity contribution in [2.75, 3.05) is 21.3 Å². The molecule has 0 N–H and O–H groups in total. The Morgan fingerprint density at radius 3 is 2.08 bits per heavy atom. The van der Waals surface area contributed by atoms with Crippen LogP contribution in [-0.4, -0.2) is 27.1 Å². The molecule has 0 aliphatic carbocycles. The van der Waals surface area contributed by atoms with Crippen molar-refractivity contribution in [3.63, 3.8) is 0 Å². The zero-order chi connectivity index (χ0) is 18.5. The fourth-order valence-electron chi connectivity index (χ4n) is 2.81. The number of benzene rings is 3. The van der Waals surface area contributed by atoms with Crippen molar-refractivity contribution in [1.29, 1.82) is 0 Å². The van der Waals surface area contributed by atoms with Gasteiger partial charge in [0.25, 0.3) is 0 Å². The second-order valence-corrected chi connectivity index (χ2v) is 5.72. The summed E-state index contributed by atoms with van der Waals surface area (Å²) in [4.78, 5) is 12.5. The summed E-state index contributed by atoms with van der Waals surface area (Å²) in [7, 11) is 4.68. The van der Waals surface area contributed by atoms with Gasteiger partial charge in [-0.3, -0.25) is 4.79 Å². The maximum Gasteiger partial charge on any atom is 0.203 e. The van der Waals surface area contributed by atoms with Crippen LogP contribution >= 0.6 is 0 Å². The van der Waals surface area contributed by atoms with Gasteiger partial charge in [-0.1, -0.05) is 42.5 Å². The van der Waals surface area contributed by atoms with Crippen LogP contribution < -0.4 is 14.2 Å². The molecule has 0 bridgehead atoms. The second kappa shape index (κ2) is 7.74. The van der Waals surface area contributed by atoms with Crippen LogP contribution in [0, 0.1) is 0 Å². The number of allylic oxidation sites excluding steroid dienone is 1. The van der Waals surface area contributed by atoms with Crippen LogP contribution in [0.3, 0.4) is 0 Å². The summed E-state index contributed by atoms with van der Waals surface area (Å²) in [5.74, 6) is 1.55. The highest BCUT2D eigenvalue weighted by molar-refractivity contribution is 6.08. The van der Waals surface area contributed by atoms with Gasteiger partial charge in [-0.2, -0.15) is 0 Å². The number of ketones is 1. The molecule has 4 heteroatoms. The average Bonchev–Trinajstić information content (AvgIpc) is 2.70. The fraction of sp³-hybridized carbons (Fsp3) is 0.136. The lowest BCUT2D eigenvalue weighted by Crippen LogP contribution is -1.96. The summed E-state index contributed by atoms with van der Waals surface area (Å²) in [5, 5.41) is 2.15. The molecule has 0 aliphatic rings. The van der Waals surface area contributed by atoms with Crippen molar-refractivity contribution in [2.45, 2.75) is 0 Å². The number of rotatable bonds is 6. The minimum absolute atomic E-state index is 0.0653. The smallest absolute Gasteiger partial charge is 0.203 e. The molecule has 0 saturated heterocycles. The highest BCUT2D eigenvalue weighted by atomic mass is 16.5. The standard InChI is InChI=1S/C22H20O4/c1-24-20-12-15(13-21(25-2)22(20)26-3)8-11-19(23)18-10-9-16-6-4-5-7-17(16)14-18/h4-14H,1-3H3/b11-8+. The van der Waals surface area contributed by atoms with Gasteiger partial charge in [-0.25, -0.2) is 0 Å². The molecular formula is C22H20O4. The van der Waals surface area contributed by atoms with E-state index in [1.165, 1.54) is 0 Å². The summed E-state index contributed by atoms with van der Waals surface area (Å²) in [6.45, 7) is 0. The van der Waals surface area contributed by atoms with E-state index in [1.807, 2.05) is 42.5 Å². The van der Waals surface area contributed by atoms with Gasteiger partial charge in [0.2, 0.25) is 5.75 Å². The Balaban J connectivity index is 1.89. The molecule has 3 rings (SSSR count). The van der Waals surface area contributed by atoms with E-state index in [9.17, 15) is 4.79 Å². The lowest BCUT2D eigenvalue weighted by atomic mass is 10.0. The van der Waals surface area contributed by atoms with Crippen LogP contribution in [0.25, 0.3) is 16.8 Å². The first-order valence-electron chi connectivity index (χ1n) is 8.17. The number of carbonyl (C=O) groups excluding carboxylic acids is 1. The molecule has 0 aromatic heterocycles. The molecule has 0 heterocycles. The van der Waals surface area contributed by atoms with E-state index in [2.05, 4.69) is 0 Å². The van der Waals surface area contributed by atoms with Crippen molar-refractivity contribution in [1.82, 2.24) is 0 Å². The van der Waals surface area contributed by atoms with Gasteiger partial charge in [0, 0.05) is 5.56 Å². The molecule has 26 heavy (non-hydrogen) atoms. The molecule has 0 saturated carbocycles. The van der Waals surface area contributed by atoms with Crippen molar-refractivity contribution in [2.24, 2.45) is 0 Å². The Labute approximate surface area is 152 Å². The number of ether oxygens (including phenoxy) is 3. The molecule has 132 valence electrons. The normalized spacial score (nSPS) is 10.9. The zero-order valence-electron chi connectivity index (χ0n) is 15.0. The number of fused-ring (bicyclic) bond motifs is 1. The summed E-state index contributed by atoms with van der Waals surface area (Å²) in [5.41, 5.74) is 1.43. The maximum absolute atomic E-state index is 12.5. The topological polar surface area (TPSA) is 44.8 Å². The van der Waals surface area contributed by atoms with E-state index in [0.29, 0.717) is 22.8 Å². The molecule has 0 aliphatic heterocycles. The first kappa shape index (κ1) is 17.5. The lowest BCUT2D eigenvalue weighted by molar-refractivity contribution is 0.104. The molecule has 0 radical (unpaired) electrons. The van der Waals surface area contributed by atoms with Gasteiger partial charge >= 0.3 is 0 Å². The summed E-state index contributed by atoms with van der Waals surface area (Å²) < 4.78 is 16.0. The SMILES string of the molecule is COc1cc(/C=C/C(=O)c2ccc3ccccc3c2)cc(OC)c1OC. The predicted molar refractivity (Wildman–Crippen MR) is 103 cm³/mol. The Bertz CT molecular complexity index is 948. The number of carbonyl (C=O) groups is 1. The minimum atomic E-state index is -0.0653. The van der Waals surface area contributed by atoms with Crippen LogP contribution in [0.2, 0.25) is 0 Å². The zero-order valence-corrected chi connectivity index (χ0v) is 15.0. The highest BCUT2D eigenvalue weighted by Gasteiger charge is 2.12. The first-order valence-corrected chi connectivity index (χ1v) is 8.17. The van der Waals surface area contributed by atoms with Crippen molar-refractivity contribution >= 4 is 22.6 Å². The van der Waals surface area contributed by atoms with Gasteiger partial charge in [0.15, 0.2) is 17.3 Å². The van der Waals surface area contributed by atoms with Crippen molar-refractivity contribution in [3.8, 4) is 17.2 Å². The molecule has 3 aromatic rings. The van der Waals surface area contributed by atoms with Crippen LogP contribution in [0.15, 0.2) is 60.7 Å². The van der Waals surface area contributed by atoms with Crippen LogP contribution in [0.4, 0.5) is 0 Å². The molecule has 0 spiro atoms. The predicted octanol–water partition coefficient (Wildman–Crippen LogP) is 4.76. The van der Waals surface area contributed by atoms with Crippen molar-refractivity contribution in [3.05, 3.63) is 71.8 Å².